The molecule has 0 aliphatic carbocycles. The van der Waals surface area contributed by atoms with E-state index in [0.717, 1.165) is 28.6 Å². The van der Waals surface area contributed by atoms with Crippen molar-refractivity contribution in [2.45, 2.75) is 25.4 Å². The fourth-order valence-electron chi connectivity index (χ4n) is 4.29. The van der Waals surface area contributed by atoms with Crippen molar-refractivity contribution >= 4 is 22.6 Å². The van der Waals surface area contributed by atoms with Crippen LogP contribution in [0.25, 0.3) is 10.9 Å². The number of halogens is 3. The summed E-state index contributed by atoms with van der Waals surface area (Å²) >= 11 is 0. The Morgan fingerprint density at radius 3 is 2.56 bits per heavy atom. The molecule has 5 rings (SSSR count). The lowest BCUT2D eigenvalue weighted by Crippen LogP contribution is -2.43. The molecule has 6 nitrogen and oxygen atoms in total. The monoisotopic (exact) mass is 443 g/mol. The van der Waals surface area contributed by atoms with Crippen LogP contribution in [0.5, 0.6) is 0 Å². The van der Waals surface area contributed by atoms with Gasteiger partial charge in [-0.25, -0.2) is 4.98 Å². The Hall–Kier alpha value is -3.17. The molecule has 1 amide bonds. The molecule has 1 fully saturated rings. The highest BCUT2D eigenvalue weighted by atomic mass is 19.4. The van der Waals surface area contributed by atoms with Crippen molar-refractivity contribution < 1.29 is 27.4 Å². The fourth-order valence-corrected chi connectivity index (χ4v) is 4.29. The third-order valence-corrected chi connectivity index (χ3v) is 5.99. The summed E-state index contributed by atoms with van der Waals surface area (Å²) in [5.41, 5.74) is 8.82. The Kier molecular flexibility index (Phi) is 5.02. The Labute approximate surface area is 181 Å². The quantitative estimate of drug-likeness (QED) is 0.646. The molecule has 3 heterocycles. The maximum atomic E-state index is 13.4. The van der Waals surface area contributed by atoms with Crippen molar-refractivity contribution in [1.82, 2.24) is 9.88 Å². The van der Waals surface area contributed by atoms with Crippen molar-refractivity contribution in [2.75, 3.05) is 25.5 Å². The second-order valence-electron chi connectivity index (χ2n) is 7.89. The van der Waals surface area contributed by atoms with Gasteiger partial charge in [-0.3, -0.25) is 4.79 Å². The van der Waals surface area contributed by atoms with Crippen LogP contribution >= 0.6 is 0 Å². The van der Waals surface area contributed by atoms with Crippen LogP contribution in [0.4, 0.5) is 19.0 Å². The average molecular weight is 443 g/mol. The number of fused-ring (bicyclic) bond motifs is 3. The minimum absolute atomic E-state index is 0.214. The van der Waals surface area contributed by atoms with Crippen LogP contribution in [-0.4, -0.2) is 35.5 Å². The summed E-state index contributed by atoms with van der Waals surface area (Å²) in [5.74, 6) is 0.212. The molecule has 2 aliphatic rings. The summed E-state index contributed by atoms with van der Waals surface area (Å²) in [6.45, 7) is 1.71. The van der Waals surface area contributed by atoms with Gasteiger partial charge in [0.1, 0.15) is 5.82 Å². The number of hydrogen-bond donors (Lipinski definition) is 1. The number of carbonyl (C=O) groups excluding carboxylic acids is 1. The summed E-state index contributed by atoms with van der Waals surface area (Å²) in [6.07, 6.45) is -4.41. The van der Waals surface area contributed by atoms with Crippen LogP contribution in [0.2, 0.25) is 0 Å². The SMILES string of the molecule is Nc1nc2ccc(C(=O)N3CCOC[C@H]3c3ccc(C(F)(F)F)cc3)cc2c2c1COC2. The smallest absolute Gasteiger partial charge is 0.383 e. The molecule has 2 aliphatic heterocycles. The number of aromatic nitrogens is 1. The van der Waals surface area contributed by atoms with E-state index in [9.17, 15) is 18.0 Å². The fraction of sp³-hybridized carbons (Fsp3) is 0.304. The van der Waals surface area contributed by atoms with Crippen LogP contribution in [0, 0.1) is 0 Å². The van der Waals surface area contributed by atoms with Gasteiger partial charge in [0, 0.05) is 23.1 Å². The maximum Gasteiger partial charge on any atom is 0.416 e. The molecule has 0 saturated carbocycles. The third-order valence-electron chi connectivity index (χ3n) is 5.99. The number of carbonyl (C=O) groups is 1. The molecule has 1 aromatic heterocycles. The lowest BCUT2D eigenvalue weighted by molar-refractivity contribution is -0.137. The zero-order chi connectivity index (χ0) is 22.5. The normalized spacial score (nSPS) is 18.7. The first kappa shape index (κ1) is 20.7. The summed E-state index contributed by atoms with van der Waals surface area (Å²) in [5, 5.41) is 0.817. The van der Waals surface area contributed by atoms with Crippen molar-refractivity contribution in [3.63, 3.8) is 0 Å². The number of nitrogens with two attached hydrogens (primary N) is 1. The van der Waals surface area contributed by atoms with Gasteiger partial charge >= 0.3 is 6.18 Å². The number of nitrogens with zero attached hydrogens (tertiary/aromatic N) is 2. The van der Waals surface area contributed by atoms with Crippen molar-refractivity contribution in [1.29, 1.82) is 0 Å². The number of alkyl halides is 3. The highest BCUT2D eigenvalue weighted by Gasteiger charge is 2.33. The molecule has 166 valence electrons. The molecule has 2 N–H and O–H groups in total. The molecule has 9 heteroatoms. The molecular weight excluding hydrogens is 423 g/mol. The molecule has 3 aromatic rings. The number of benzene rings is 2. The Balaban J connectivity index is 1.48. The molecule has 0 radical (unpaired) electrons. The van der Waals surface area contributed by atoms with E-state index in [1.165, 1.54) is 12.1 Å². The lowest BCUT2D eigenvalue weighted by Gasteiger charge is -2.36. The molecular formula is C23H20F3N3O3. The van der Waals surface area contributed by atoms with E-state index in [1.807, 2.05) is 0 Å². The first-order valence-electron chi connectivity index (χ1n) is 10.2. The Morgan fingerprint density at radius 2 is 1.81 bits per heavy atom. The Morgan fingerprint density at radius 1 is 1.06 bits per heavy atom. The van der Waals surface area contributed by atoms with E-state index in [2.05, 4.69) is 4.98 Å². The summed E-state index contributed by atoms with van der Waals surface area (Å²) in [7, 11) is 0. The number of anilines is 1. The first-order chi connectivity index (χ1) is 15.3. The van der Waals surface area contributed by atoms with E-state index >= 15 is 0 Å². The predicted octanol–water partition coefficient (Wildman–Crippen LogP) is 4.08. The van der Waals surface area contributed by atoms with Crippen LogP contribution in [0.15, 0.2) is 42.5 Å². The minimum atomic E-state index is -4.41. The Bertz CT molecular complexity index is 1200. The highest BCUT2D eigenvalue weighted by molar-refractivity contribution is 5.99. The minimum Gasteiger partial charge on any atom is -0.383 e. The summed E-state index contributed by atoms with van der Waals surface area (Å²) in [4.78, 5) is 19.5. The van der Waals surface area contributed by atoms with Crippen LogP contribution in [0.1, 0.15) is 38.7 Å². The third kappa shape index (κ3) is 3.57. The van der Waals surface area contributed by atoms with Gasteiger partial charge in [-0.15, -0.1) is 0 Å². The van der Waals surface area contributed by atoms with E-state index in [0.29, 0.717) is 48.8 Å². The van der Waals surface area contributed by atoms with Crippen molar-refractivity contribution in [3.8, 4) is 0 Å². The van der Waals surface area contributed by atoms with Gasteiger partial charge in [0.15, 0.2) is 0 Å². The number of ether oxygens (including phenoxy) is 2. The van der Waals surface area contributed by atoms with Crippen molar-refractivity contribution in [2.24, 2.45) is 0 Å². The average Bonchev–Trinajstić information content (AvgIpc) is 3.29. The zero-order valence-electron chi connectivity index (χ0n) is 17.0. The number of pyridine rings is 1. The van der Waals surface area contributed by atoms with Crippen molar-refractivity contribution in [3.05, 3.63) is 70.3 Å². The maximum absolute atomic E-state index is 13.4. The summed E-state index contributed by atoms with van der Waals surface area (Å²) in [6, 6.07) is 9.62. The van der Waals surface area contributed by atoms with E-state index in [1.54, 1.807) is 23.1 Å². The predicted molar refractivity (Wildman–Crippen MR) is 111 cm³/mol. The van der Waals surface area contributed by atoms with Gasteiger partial charge in [0.2, 0.25) is 0 Å². The topological polar surface area (TPSA) is 77.7 Å². The van der Waals surface area contributed by atoms with Gasteiger partial charge in [0.25, 0.3) is 5.91 Å². The lowest BCUT2D eigenvalue weighted by atomic mass is 9.99. The zero-order valence-corrected chi connectivity index (χ0v) is 17.0. The second kappa shape index (κ2) is 7.75. The van der Waals surface area contributed by atoms with Gasteiger partial charge < -0.3 is 20.1 Å². The molecule has 0 unspecified atom stereocenters. The van der Waals surface area contributed by atoms with Gasteiger partial charge in [0.05, 0.1) is 43.5 Å². The first-order valence-corrected chi connectivity index (χ1v) is 10.2. The molecule has 1 atom stereocenters. The number of amides is 1. The van der Waals surface area contributed by atoms with Crippen LogP contribution in [-0.2, 0) is 28.9 Å². The molecule has 0 spiro atoms. The van der Waals surface area contributed by atoms with Gasteiger partial charge in [-0.05, 0) is 41.5 Å². The standard InChI is InChI=1S/C23H20F3N3O3/c24-23(25,26)15-4-1-13(2-5-15)20-12-31-8-7-29(20)22(30)14-3-6-19-16(9-14)17-10-32-11-18(17)21(27)28-19/h1-6,9,20H,7-8,10-12H2,(H2,27,28)/t20-/m0/s1. The van der Waals surface area contributed by atoms with E-state index in [-0.39, 0.29) is 12.5 Å². The van der Waals surface area contributed by atoms with E-state index < -0.39 is 17.8 Å². The molecule has 32 heavy (non-hydrogen) atoms. The second-order valence-corrected chi connectivity index (χ2v) is 7.89. The number of nitrogen functional groups attached to an aromatic ring is 1. The highest BCUT2D eigenvalue weighted by Crippen LogP contribution is 2.34. The van der Waals surface area contributed by atoms with Gasteiger partial charge in [-0.2, -0.15) is 13.2 Å². The largest absolute Gasteiger partial charge is 0.416 e. The van der Waals surface area contributed by atoms with Crippen LogP contribution in [0.3, 0.4) is 0 Å². The molecule has 0 bridgehead atoms. The molecule has 1 saturated heterocycles. The summed E-state index contributed by atoms with van der Waals surface area (Å²) < 4.78 is 49.8. The molecule has 2 aromatic carbocycles. The number of hydrogen-bond acceptors (Lipinski definition) is 5. The number of morpholine rings is 1. The number of rotatable bonds is 2. The van der Waals surface area contributed by atoms with E-state index in [4.69, 9.17) is 15.2 Å². The van der Waals surface area contributed by atoms with Gasteiger partial charge in [-0.1, -0.05) is 12.1 Å². The van der Waals surface area contributed by atoms with Crippen LogP contribution < -0.4 is 5.73 Å².